The van der Waals surface area contributed by atoms with Gasteiger partial charge in [0.25, 0.3) is 0 Å². The lowest BCUT2D eigenvalue weighted by Gasteiger charge is -2.06. The predicted octanol–water partition coefficient (Wildman–Crippen LogP) is 2.48. The van der Waals surface area contributed by atoms with E-state index in [9.17, 15) is 9.18 Å². The molecule has 0 radical (unpaired) electrons. The minimum atomic E-state index is -1.12. The highest BCUT2D eigenvalue weighted by Crippen LogP contribution is 2.18. The van der Waals surface area contributed by atoms with Gasteiger partial charge in [0.1, 0.15) is 5.82 Å². The molecule has 110 valence electrons. The largest absolute Gasteiger partial charge is 0.476 e. The molecule has 3 aromatic rings. The number of benzene rings is 1. The van der Waals surface area contributed by atoms with Gasteiger partial charge in [-0.05, 0) is 25.1 Å². The molecule has 0 aliphatic heterocycles. The second kappa shape index (κ2) is 5.36. The van der Waals surface area contributed by atoms with E-state index in [4.69, 9.17) is 5.11 Å². The fraction of sp³-hybridized carbons (Fsp3) is 0.0667. The van der Waals surface area contributed by atoms with Gasteiger partial charge in [-0.3, -0.25) is 0 Å². The van der Waals surface area contributed by atoms with Crippen LogP contribution in [0.4, 0.5) is 4.39 Å². The Morgan fingerprint density at radius 2 is 2.05 bits per heavy atom. The van der Waals surface area contributed by atoms with Crippen molar-refractivity contribution in [1.82, 2.24) is 19.7 Å². The van der Waals surface area contributed by atoms with Gasteiger partial charge < -0.3 is 5.11 Å². The number of aromatic nitrogens is 4. The molecule has 3 rings (SSSR count). The lowest BCUT2D eigenvalue weighted by Crippen LogP contribution is -2.05. The summed E-state index contributed by atoms with van der Waals surface area (Å²) in [5.74, 6) is -0.729. The molecule has 0 amide bonds. The molecular formula is C15H11FN4O2. The Morgan fingerprint density at radius 3 is 2.73 bits per heavy atom. The maximum atomic E-state index is 13.3. The minimum Gasteiger partial charge on any atom is -0.476 e. The van der Waals surface area contributed by atoms with E-state index < -0.39 is 5.97 Å². The Labute approximate surface area is 124 Å². The number of carboxylic acid groups (broad SMARTS) is 1. The number of hydrogen-bond donors (Lipinski definition) is 1. The summed E-state index contributed by atoms with van der Waals surface area (Å²) in [7, 11) is 0. The maximum Gasteiger partial charge on any atom is 0.356 e. The first-order valence-corrected chi connectivity index (χ1v) is 6.44. The molecule has 2 aromatic heterocycles. The number of aryl methyl sites for hydroxylation is 1. The standard InChI is InChI=1S/C15H11FN4O2/c1-9-7-13(20-6-5-12(19-20)15(21)22)18-14(17-9)10-3-2-4-11(16)8-10/h2-8H,1H3,(H,21,22). The van der Waals surface area contributed by atoms with Gasteiger partial charge in [-0.25, -0.2) is 23.8 Å². The molecule has 6 nitrogen and oxygen atoms in total. The molecule has 0 aliphatic rings. The summed E-state index contributed by atoms with van der Waals surface area (Å²) in [6.07, 6.45) is 1.50. The lowest BCUT2D eigenvalue weighted by molar-refractivity contribution is 0.0690. The van der Waals surface area contributed by atoms with Gasteiger partial charge in [0.15, 0.2) is 17.3 Å². The van der Waals surface area contributed by atoms with Crippen LogP contribution in [-0.2, 0) is 0 Å². The zero-order valence-corrected chi connectivity index (χ0v) is 11.6. The van der Waals surface area contributed by atoms with Crippen molar-refractivity contribution in [2.45, 2.75) is 6.92 Å². The Hall–Kier alpha value is -3.09. The fourth-order valence-electron chi connectivity index (χ4n) is 1.99. The zero-order valence-electron chi connectivity index (χ0n) is 11.6. The van der Waals surface area contributed by atoms with E-state index in [1.54, 1.807) is 25.1 Å². The van der Waals surface area contributed by atoms with Crippen molar-refractivity contribution in [3.63, 3.8) is 0 Å². The molecule has 1 aromatic carbocycles. The van der Waals surface area contributed by atoms with Crippen LogP contribution in [0.2, 0.25) is 0 Å². The predicted molar refractivity (Wildman–Crippen MR) is 76.2 cm³/mol. The first kappa shape index (κ1) is 13.9. The van der Waals surface area contributed by atoms with Crippen molar-refractivity contribution >= 4 is 5.97 Å². The van der Waals surface area contributed by atoms with E-state index in [0.29, 0.717) is 22.9 Å². The van der Waals surface area contributed by atoms with Gasteiger partial charge in [0, 0.05) is 23.5 Å². The van der Waals surface area contributed by atoms with Gasteiger partial charge in [0.05, 0.1) is 0 Å². The van der Waals surface area contributed by atoms with Crippen LogP contribution in [0.1, 0.15) is 16.2 Å². The summed E-state index contributed by atoms with van der Waals surface area (Å²) < 4.78 is 14.7. The van der Waals surface area contributed by atoms with E-state index in [2.05, 4.69) is 15.1 Å². The summed E-state index contributed by atoms with van der Waals surface area (Å²) in [6, 6.07) is 9.00. The maximum absolute atomic E-state index is 13.3. The number of halogens is 1. The van der Waals surface area contributed by atoms with E-state index in [1.165, 1.54) is 29.1 Å². The van der Waals surface area contributed by atoms with E-state index in [0.717, 1.165) is 0 Å². The molecule has 2 heterocycles. The van der Waals surface area contributed by atoms with Gasteiger partial charge in [0.2, 0.25) is 0 Å². The molecule has 0 unspecified atom stereocenters. The molecule has 22 heavy (non-hydrogen) atoms. The molecule has 0 atom stereocenters. The molecule has 1 N–H and O–H groups in total. The highest BCUT2D eigenvalue weighted by molar-refractivity contribution is 5.85. The Balaban J connectivity index is 2.08. The zero-order chi connectivity index (χ0) is 15.7. The molecule has 0 aliphatic carbocycles. The van der Waals surface area contributed by atoms with Crippen LogP contribution in [0.5, 0.6) is 0 Å². The number of carbonyl (C=O) groups is 1. The number of nitrogens with zero attached hydrogens (tertiary/aromatic N) is 4. The van der Waals surface area contributed by atoms with Crippen molar-refractivity contribution < 1.29 is 14.3 Å². The van der Waals surface area contributed by atoms with Crippen molar-refractivity contribution in [3.8, 4) is 17.2 Å². The van der Waals surface area contributed by atoms with Crippen molar-refractivity contribution in [2.75, 3.05) is 0 Å². The average molecular weight is 298 g/mol. The summed E-state index contributed by atoms with van der Waals surface area (Å²) >= 11 is 0. The third kappa shape index (κ3) is 2.69. The first-order valence-electron chi connectivity index (χ1n) is 6.44. The third-order valence-electron chi connectivity index (χ3n) is 2.97. The normalized spacial score (nSPS) is 10.6. The molecule has 7 heteroatoms. The molecule has 0 spiro atoms. The van der Waals surface area contributed by atoms with Crippen LogP contribution in [0, 0.1) is 12.7 Å². The van der Waals surface area contributed by atoms with Crippen molar-refractivity contribution in [1.29, 1.82) is 0 Å². The summed E-state index contributed by atoms with van der Waals surface area (Å²) in [6.45, 7) is 1.77. The Kier molecular flexibility index (Phi) is 3.38. The monoisotopic (exact) mass is 298 g/mol. The van der Waals surface area contributed by atoms with Crippen LogP contribution >= 0.6 is 0 Å². The van der Waals surface area contributed by atoms with Crippen molar-refractivity contribution in [3.05, 3.63) is 59.8 Å². The number of carboxylic acids is 1. The van der Waals surface area contributed by atoms with E-state index in [-0.39, 0.29) is 11.5 Å². The smallest absolute Gasteiger partial charge is 0.356 e. The lowest BCUT2D eigenvalue weighted by atomic mass is 10.2. The molecule has 0 saturated heterocycles. The molecule has 0 saturated carbocycles. The molecule has 0 bridgehead atoms. The quantitative estimate of drug-likeness (QED) is 0.803. The molecular weight excluding hydrogens is 287 g/mol. The minimum absolute atomic E-state index is 0.0800. The first-order chi connectivity index (χ1) is 10.5. The number of rotatable bonds is 3. The van der Waals surface area contributed by atoms with Gasteiger partial charge in [-0.1, -0.05) is 12.1 Å². The SMILES string of the molecule is Cc1cc(-n2ccc(C(=O)O)n2)nc(-c2cccc(F)c2)n1. The van der Waals surface area contributed by atoms with Crippen LogP contribution in [0.15, 0.2) is 42.6 Å². The topological polar surface area (TPSA) is 80.9 Å². The second-order valence-electron chi connectivity index (χ2n) is 4.65. The highest BCUT2D eigenvalue weighted by Gasteiger charge is 2.11. The Morgan fingerprint density at radius 1 is 1.23 bits per heavy atom. The summed E-state index contributed by atoms with van der Waals surface area (Å²) in [5, 5.41) is 12.8. The van der Waals surface area contributed by atoms with E-state index in [1.807, 2.05) is 0 Å². The van der Waals surface area contributed by atoms with Gasteiger partial charge in [-0.15, -0.1) is 0 Å². The fourth-order valence-corrected chi connectivity index (χ4v) is 1.99. The molecule has 0 fully saturated rings. The summed E-state index contributed by atoms with van der Waals surface area (Å²) in [5.41, 5.74) is 1.12. The average Bonchev–Trinajstić information content (AvgIpc) is 2.97. The highest BCUT2D eigenvalue weighted by atomic mass is 19.1. The van der Waals surface area contributed by atoms with Crippen LogP contribution < -0.4 is 0 Å². The van der Waals surface area contributed by atoms with Crippen LogP contribution in [0.3, 0.4) is 0 Å². The van der Waals surface area contributed by atoms with Crippen LogP contribution in [0.25, 0.3) is 17.2 Å². The Bertz CT molecular complexity index is 860. The third-order valence-corrected chi connectivity index (χ3v) is 2.97. The number of hydrogen-bond acceptors (Lipinski definition) is 4. The van der Waals surface area contributed by atoms with Gasteiger partial charge >= 0.3 is 5.97 Å². The van der Waals surface area contributed by atoms with Crippen LogP contribution in [-0.4, -0.2) is 30.8 Å². The van der Waals surface area contributed by atoms with Gasteiger partial charge in [-0.2, -0.15) is 5.10 Å². The van der Waals surface area contributed by atoms with E-state index >= 15 is 0 Å². The number of aromatic carboxylic acids is 1. The second-order valence-corrected chi connectivity index (χ2v) is 4.65. The van der Waals surface area contributed by atoms with Crippen molar-refractivity contribution in [2.24, 2.45) is 0 Å². The summed E-state index contributed by atoms with van der Waals surface area (Å²) in [4.78, 5) is 19.5.